The van der Waals surface area contributed by atoms with Gasteiger partial charge in [0.25, 0.3) is 6.20 Å². The molecule has 0 saturated heterocycles. The van der Waals surface area contributed by atoms with Crippen LogP contribution in [0.25, 0.3) is 0 Å². The highest BCUT2D eigenvalue weighted by Crippen LogP contribution is 1.76. The summed E-state index contributed by atoms with van der Waals surface area (Å²) in [5.41, 5.74) is 0. The molecule has 0 aromatic carbocycles. The molecule has 0 aliphatic carbocycles. The van der Waals surface area contributed by atoms with Crippen molar-refractivity contribution in [3.8, 4) is 0 Å². The third-order valence-corrected chi connectivity index (χ3v) is 0.983. The lowest BCUT2D eigenvalue weighted by molar-refractivity contribution is -0.859. The van der Waals surface area contributed by atoms with Gasteiger partial charge in [0.05, 0.1) is 4.73 Å². The van der Waals surface area contributed by atoms with Gasteiger partial charge in [-0.15, -0.1) is 4.28 Å². The molecule has 0 saturated carbocycles. The van der Waals surface area contributed by atoms with Crippen molar-refractivity contribution in [2.24, 2.45) is 0 Å². The van der Waals surface area contributed by atoms with Crippen LogP contribution < -0.4 is 9.01 Å². The van der Waals surface area contributed by atoms with Crippen LogP contribution in [0.2, 0.25) is 0 Å². The quantitative estimate of drug-likeness (QED) is 0.301. The molecule has 0 amide bonds. The molecule has 0 radical (unpaired) electrons. The van der Waals surface area contributed by atoms with E-state index < -0.39 is 10.4 Å². The second-order valence-electron chi connectivity index (χ2n) is 1.37. The molecule has 7 heteroatoms. The minimum absolute atomic E-state index is 0.641. The summed E-state index contributed by atoms with van der Waals surface area (Å²) in [5.74, 6) is 0. The maximum Gasteiger partial charge on any atom is 0.386 e. The second kappa shape index (κ2) is 2.27. The lowest BCUT2D eigenvalue weighted by Gasteiger charge is -1.96. The van der Waals surface area contributed by atoms with Crippen molar-refractivity contribution in [1.82, 2.24) is 0 Å². The van der Waals surface area contributed by atoms with Crippen LogP contribution in [0, 0.1) is 0 Å². The van der Waals surface area contributed by atoms with E-state index in [1.807, 2.05) is 0 Å². The fourth-order valence-corrected chi connectivity index (χ4v) is 0.669. The van der Waals surface area contributed by atoms with E-state index in [9.17, 15) is 13.0 Å². The first-order valence-electron chi connectivity index (χ1n) is 2.17. The molecule has 56 valence electrons. The van der Waals surface area contributed by atoms with Crippen LogP contribution in [0.4, 0.5) is 0 Å². The average Bonchev–Trinajstić information content (AvgIpc) is 2.12. The lowest BCUT2D eigenvalue weighted by Crippen LogP contribution is -2.43. The monoisotopic (exact) mass is 165 g/mol. The number of rotatable bonds is 2. The lowest BCUT2D eigenvalue weighted by atomic mass is 11.0. The fourth-order valence-electron chi connectivity index (χ4n) is 0.373. The number of hydrogen-bond acceptors (Lipinski definition) is 5. The topological polar surface area (TPSA) is 83.5 Å². The molecule has 0 aliphatic heterocycles. The summed E-state index contributed by atoms with van der Waals surface area (Å²) in [7, 11) is -4.69. The van der Waals surface area contributed by atoms with Gasteiger partial charge < -0.3 is 8.97 Å². The van der Waals surface area contributed by atoms with Crippen molar-refractivity contribution in [3.63, 3.8) is 0 Å². The van der Waals surface area contributed by atoms with E-state index in [0.717, 1.165) is 18.9 Å². The third kappa shape index (κ3) is 2.03. The van der Waals surface area contributed by atoms with Crippen LogP contribution in [-0.2, 0) is 10.4 Å². The first-order chi connectivity index (χ1) is 4.58. The van der Waals surface area contributed by atoms with Crippen molar-refractivity contribution >= 4 is 10.4 Å². The van der Waals surface area contributed by atoms with Crippen molar-refractivity contribution in [3.05, 3.63) is 18.9 Å². The smallest absolute Gasteiger partial charge is 0.386 e. The van der Waals surface area contributed by atoms with Crippen LogP contribution in [0.15, 0.2) is 23.3 Å². The molecule has 1 rings (SSSR count). The van der Waals surface area contributed by atoms with Crippen molar-refractivity contribution < 1.29 is 26.4 Å². The molecular weight excluding hydrogens is 162 g/mol. The van der Waals surface area contributed by atoms with Gasteiger partial charge in [0.15, 0.2) is 6.26 Å². The highest BCUT2D eigenvalue weighted by Gasteiger charge is 2.06. The Bertz CT molecular complexity index is 287. The molecule has 1 aromatic heterocycles. The summed E-state index contributed by atoms with van der Waals surface area (Å²) >= 11 is 0. The largest absolute Gasteiger partial charge is 0.711 e. The van der Waals surface area contributed by atoms with Crippen LogP contribution in [0.3, 0.4) is 0 Å². The molecule has 0 N–H and O–H groups in total. The molecule has 0 bridgehead atoms. The van der Waals surface area contributed by atoms with Gasteiger partial charge in [-0.2, -0.15) is 8.42 Å². The summed E-state index contributed by atoms with van der Waals surface area (Å²) < 4.78 is 38.4. The Kier molecular flexibility index (Phi) is 1.60. The van der Waals surface area contributed by atoms with E-state index in [1.54, 1.807) is 0 Å². The molecule has 0 aliphatic rings. The van der Waals surface area contributed by atoms with E-state index >= 15 is 0 Å². The van der Waals surface area contributed by atoms with Gasteiger partial charge in [-0.25, -0.2) is 0 Å². The van der Waals surface area contributed by atoms with Crippen LogP contribution in [0.5, 0.6) is 0 Å². The number of hydrogen-bond donors (Lipinski definition) is 0. The summed E-state index contributed by atoms with van der Waals surface area (Å²) in [6, 6.07) is 0. The first kappa shape index (κ1) is 7.03. The second-order valence-corrected chi connectivity index (χ2v) is 2.33. The minimum Gasteiger partial charge on any atom is -0.711 e. The zero-order valence-corrected chi connectivity index (χ0v) is 5.45. The van der Waals surface area contributed by atoms with Gasteiger partial charge in [-0.3, -0.25) is 0 Å². The van der Waals surface area contributed by atoms with E-state index in [0.29, 0.717) is 4.73 Å². The summed E-state index contributed by atoms with van der Waals surface area (Å²) in [5, 5.41) is 0. The summed E-state index contributed by atoms with van der Waals surface area (Å²) in [4.78, 5) is 0. The Morgan fingerprint density at radius 3 is 2.70 bits per heavy atom. The predicted octanol–water partition coefficient (Wildman–Crippen LogP) is -1.54. The van der Waals surface area contributed by atoms with Gasteiger partial charge in [-0.05, 0) is 0 Å². The number of oxazole rings is 1. The summed E-state index contributed by atoms with van der Waals surface area (Å²) in [6.07, 6.45) is 3.22. The first-order valence-corrected chi connectivity index (χ1v) is 3.50. The maximum absolute atomic E-state index is 9.86. The van der Waals surface area contributed by atoms with Crippen LogP contribution in [-0.4, -0.2) is 13.0 Å². The number of nitrogens with zero attached hydrogens (tertiary/aromatic N) is 1. The van der Waals surface area contributed by atoms with Gasteiger partial charge in [-0.1, -0.05) is 0 Å². The highest BCUT2D eigenvalue weighted by molar-refractivity contribution is 7.80. The summed E-state index contributed by atoms with van der Waals surface area (Å²) in [6.45, 7) is 0. The van der Waals surface area contributed by atoms with Crippen LogP contribution in [0.1, 0.15) is 0 Å². The Labute approximate surface area is 56.6 Å². The van der Waals surface area contributed by atoms with E-state index in [2.05, 4.69) is 8.70 Å². The minimum atomic E-state index is -4.69. The molecule has 1 aromatic rings. The zero-order valence-electron chi connectivity index (χ0n) is 4.63. The molecule has 6 nitrogen and oxygen atoms in total. The van der Waals surface area contributed by atoms with E-state index in [1.165, 1.54) is 0 Å². The van der Waals surface area contributed by atoms with Crippen molar-refractivity contribution in [1.29, 1.82) is 0 Å². The Morgan fingerprint density at radius 2 is 2.30 bits per heavy atom. The standard InChI is InChI=1S/C3H3NO5S/c5-10(6,7)9-4-1-2-8-3-4/h1-3H. The maximum atomic E-state index is 9.86. The average molecular weight is 165 g/mol. The predicted molar refractivity (Wildman–Crippen MR) is 25.2 cm³/mol. The molecule has 0 fully saturated rings. The SMILES string of the molecule is O=S(=O)([O-])O[n+]1ccoc1. The molecule has 1 heterocycles. The molecule has 0 unspecified atom stereocenters. The Balaban J connectivity index is 2.75. The molecule has 10 heavy (non-hydrogen) atoms. The fraction of sp³-hybridized carbons (Fsp3) is 0. The van der Waals surface area contributed by atoms with Crippen molar-refractivity contribution in [2.75, 3.05) is 0 Å². The van der Waals surface area contributed by atoms with Gasteiger partial charge in [0.1, 0.15) is 0 Å². The van der Waals surface area contributed by atoms with Gasteiger partial charge in [0.2, 0.25) is 0 Å². The third-order valence-electron chi connectivity index (χ3n) is 0.628. The Hall–Kier alpha value is -1.08. The Morgan fingerprint density at radius 1 is 1.60 bits per heavy atom. The molecule has 0 atom stereocenters. The van der Waals surface area contributed by atoms with Crippen molar-refractivity contribution in [2.45, 2.75) is 0 Å². The molecular formula is C3H3NO5S. The van der Waals surface area contributed by atoms with Crippen LogP contribution >= 0.6 is 0 Å². The van der Waals surface area contributed by atoms with E-state index in [-0.39, 0.29) is 0 Å². The zero-order chi connectivity index (χ0) is 7.61. The molecule has 0 spiro atoms. The van der Waals surface area contributed by atoms with E-state index in [4.69, 9.17) is 0 Å². The number of aromatic nitrogens is 1. The van der Waals surface area contributed by atoms with Gasteiger partial charge >= 0.3 is 16.8 Å². The highest BCUT2D eigenvalue weighted by atomic mass is 32.3. The normalized spacial score (nSPS) is 11.3. The van der Waals surface area contributed by atoms with Gasteiger partial charge in [0, 0.05) is 0 Å².